The second kappa shape index (κ2) is 4.86. The maximum absolute atomic E-state index is 6.24. The molecule has 2 aliphatic carbocycles. The van der Waals surface area contributed by atoms with Gasteiger partial charge >= 0.3 is 7.12 Å². The van der Waals surface area contributed by atoms with Gasteiger partial charge in [0.15, 0.2) is 0 Å². The molecule has 0 atom stereocenters. The van der Waals surface area contributed by atoms with Crippen LogP contribution < -0.4 is 5.46 Å². The molecule has 0 saturated carbocycles. The van der Waals surface area contributed by atoms with E-state index in [1.807, 2.05) is 0 Å². The lowest BCUT2D eigenvalue weighted by atomic mass is 9.76. The van der Waals surface area contributed by atoms with E-state index in [9.17, 15) is 0 Å². The van der Waals surface area contributed by atoms with Crippen molar-refractivity contribution in [2.45, 2.75) is 71.0 Å². The van der Waals surface area contributed by atoms with E-state index in [0.717, 1.165) is 18.3 Å². The summed E-state index contributed by atoms with van der Waals surface area (Å²) in [7, 11) is -0.291. The van der Waals surface area contributed by atoms with E-state index in [4.69, 9.17) is 9.31 Å². The fraction of sp³-hybridized carbons (Fsp3) is 0.524. The van der Waals surface area contributed by atoms with Crippen molar-refractivity contribution >= 4 is 18.2 Å². The molecule has 0 radical (unpaired) electrons. The molecule has 2 nitrogen and oxygen atoms in total. The van der Waals surface area contributed by atoms with Crippen LogP contribution in [0.1, 0.15) is 65.5 Å². The second-order valence-electron chi connectivity index (χ2n) is 8.83. The molecule has 0 aromatic heterocycles. The molecule has 0 spiro atoms. The Kier molecular flexibility index (Phi) is 3.28. The van der Waals surface area contributed by atoms with Gasteiger partial charge in [-0.05, 0) is 68.3 Å². The Labute approximate surface area is 146 Å². The van der Waals surface area contributed by atoms with Crippen LogP contribution in [0.4, 0.5) is 0 Å². The average Bonchev–Trinajstić information content (AvgIpc) is 2.88. The van der Waals surface area contributed by atoms with Crippen molar-refractivity contribution in [2.24, 2.45) is 0 Å². The van der Waals surface area contributed by atoms with Gasteiger partial charge in [0.25, 0.3) is 0 Å². The molecule has 0 amide bonds. The molecule has 1 heterocycles. The molecule has 1 aromatic carbocycles. The lowest BCUT2D eigenvalue weighted by molar-refractivity contribution is 0.00578. The minimum absolute atomic E-state index is 0.0933. The van der Waals surface area contributed by atoms with E-state index in [-0.39, 0.29) is 23.7 Å². The summed E-state index contributed by atoms with van der Waals surface area (Å²) in [5.41, 5.74) is 6.29. The van der Waals surface area contributed by atoms with Crippen LogP contribution in [0.3, 0.4) is 0 Å². The zero-order chi connectivity index (χ0) is 17.3. The van der Waals surface area contributed by atoms with Crippen LogP contribution >= 0.6 is 0 Å². The van der Waals surface area contributed by atoms with Gasteiger partial charge in [-0.1, -0.05) is 44.2 Å². The molecular formula is C21H27BO2. The van der Waals surface area contributed by atoms with Crippen molar-refractivity contribution in [2.75, 3.05) is 0 Å². The van der Waals surface area contributed by atoms with Crippen molar-refractivity contribution in [1.82, 2.24) is 0 Å². The largest absolute Gasteiger partial charge is 0.494 e. The van der Waals surface area contributed by atoms with E-state index >= 15 is 0 Å². The van der Waals surface area contributed by atoms with Crippen LogP contribution in [0.15, 0.2) is 35.9 Å². The lowest BCUT2D eigenvalue weighted by Crippen LogP contribution is -2.41. The van der Waals surface area contributed by atoms with Gasteiger partial charge in [-0.25, -0.2) is 0 Å². The summed E-state index contributed by atoms with van der Waals surface area (Å²) in [6, 6.07) is 6.74. The molecule has 1 saturated heterocycles. The third-order valence-electron chi connectivity index (χ3n) is 6.36. The van der Waals surface area contributed by atoms with Crippen molar-refractivity contribution in [3.05, 3.63) is 47.1 Å². The fourth-order valence-electron chi connectivity index (χ4n) is 4.12. The summed E-state index contributed by atoms with van der Waals surface area (Å²) in [6.45, 7) is 13.1. The van der Waals surface area contributed by atoms with Gasteiger partial charge in [0.1, 0.15) is 0 Å². The van der Waals surface area contributed by atoms with Crippen LogP contribution in [0, 0.1) is 0 Å². The van der Waals surface area contributed by atoms with Crippen molar-refractivity contribution < 1.29 is 9.31 Å². The lowest BCUT2D eigenvalue weighted by Gasteiger charge is -2.32. The predicted molar refractivity (Wildman–Crippen MR) is 100 cm³/mol. The third kappa shape index (κ3) is 2.11. The first-order valence-electron chi connectivity index (χ1n) is 9.05. The van der Waals surface area contributed by atoms with E-state index in [1.54, 1.807) is 0 Å². The van der Waals surface area contributed by atoms with Gasteiger partial charge in [0, 0.05) is 5.41 Å². The fourth-order valence-corrected chi connectivity index (χ4v) is 4.12. The molecule has 0 unspecified atom stereocenters. The summed E-state index contributed by atoms with van der Waals surface area (Å²) in [6.07, 6.45) is 7.11. The minimum Gasteiger partial charge on any atom is -0.399 e. The monoisotopic (exact) mass is 322 g/mol. The summed E-state index contributed by atoms with van der Waals surface area (Å²) < 4.78 is 12.5. The molecule has 0 bridgehead atoms. The highest BCUT2D eigenvalue weighted by atomic mass is 16.7. The topological polar surface area (TPSA) is 18.5 Å². The van der Waals surface area contributed by atoms with Gasteiger partial charge < -0.3 is 9.31 Å². The molecule has 4 rings (SSSR count). The van der Waals surface area contributed by atoms with E-state index in [2.05, 4.69) is 71.9 Å². The molecular weight excluding hydrogens is 295 g/mol. The number of rotatable bonds is 1. The van der Waals surface area contributed by atoms with E-state index < -0.39 is 0 Å². The Morgan fingerprint density at radius 2 is 1.50 bits per heavy atom. The number of hydrogen-bond donors (Lipinski definition) is 0. The highest BCUT2D eigenvalue weighted by Crippen LogP contribution is 2.51. The van der Waals surface area contributed by atoms with Gasteiger partial charge in [0.05, 0.1) is 11.2 Å². The Hall–Kier alpha value is -1.32. The standard InChI is InChI=1S/C21H27BO2/c1-19(2)17-10-8-7-9-15(17)16-13-14(11-12-18(16)19)22-23-20(3,4)21(5,6)24-22/h9-13H,7-8H2,1-6H3. The zero-order valence-corrected chi connectivity index (χ0v) is 15.7. The second-order valence-corrected chi connectivity index (χ2v) is 8.83. The number of hydrogen-bond acceptors (Lipinski definition) is 2. The Bertz CT molecular complexity index is 752. The maximum atomic E-state index is 6.24. The normalized spacial score (nSPS) is 25.8. The first-order valence-corrected chi connectivity index (χ1v) is 9.05. The predicted octanol–water partition coefficient (Wildman–Crippen LogP) is 4.38. The third-order valence-corrected chi connectivity index (χ3v) is 6.36. The van der Waals surface area contributed by atoms with E-state index in [0.29, 0.717) is 0 Å². The molecule has 126 valence electrons. The summed E-state index contributed by atoms with van der Waals surface area (Å²) >= 11 is 0. The van der Waals surface area contributed by atoms with Gasteiger partial charge in [0.2, 0.25) is 0 Å². The molecule has 24 heavy (non-hydrogen) atoms. The summed E-state index contributed by atoms with van der Waals surface area (Å²) in [5.74, 6) is 0. The SMILES string of the molecule is CC1(C)C2=CCCC=C2c2cc(B3OC(C)(C)C(C)(C)O3)ccc21. The molecule has 3 heteroatoms. The molecule has 1 aromatic rings. The molecule has 3 aliphatic rings. The van der Waals surface area contributed by atoms with Crippen LogP contribution in [0.25, 0.3) is 5.57 Å². The average molecular weight is 322 g/mol. The minimum atomic E-state index is -0.300. The van der Waals surface area contributed by atoms with Crippen molar-refractivity contribution in [3.63, 3.8) is 0 Å². The van der Waals surface area contributed by atoms with Crippen molar-refractivity contribution in [3.8, 4) is 0 Å². The highest BCUT2D eigenvalue weighted by Gasteiger charge is 2.52. The zero-order valence-electron chi connectivity index (χ0n) is 15.7. The van der Waals surface area contributed by atoms with Crippen LogP contribution in [0.5, 0.6) is 0 Å². The van der Waals surface area contributed by atoms with E-state index in [1.165, 1.54) is 22.3 Å². The quantitative estimate of drug-likeness (QED) is 0.714. The van der Waals surface area contributed by atoms with Crippen LogP contribution in [0.2, 0.25) is 0 Å². The van der Waals surface area contributed by atoms with Crippen molar-refractivity contribution in [1.29, 1.82) is 0 Å². The summed E-state index contributed by atoms with van der Waals surface area (Å²) in [5, 5.41) is 0. The summed E-state index contributed by atoms with van der Waals surface area (Å²) in [4.78, 5) is 0. The first-order chi connectivity index (χ1) is 11.1. The van der Waals surface area contributed by atoms with Crippen LogP contribution in [-0.4, -0.2) is 18.3 Å². The number of allylic oxidation sites excluding steroid dienone is 4. The Morgan fingerprint density at radius 1 is 0.875 bits per heavy atom. The number of fused-ring (bicyclic) bond motifs is 3. The Balaban J connectivity index is 1.77. The number of benzene rings is 1. The first kappa shape index (κ1) is 16.2. The molecule has 1 aliphatic heterocycles. The molecule has 0 N–H and O–H groups in total. The van der Waals surface area contributed by atoms with Gasteiger partial charge in [-0.3, -0.25) is 0 Å². The Morgan fingerprint density at radius 3 is 2.17 bits per heavy atom. The van der Waals surface area contributed by atoms with Gasteiger partial charge in [-0.15, -0.1) is 0 Å². The van der Waals surface area contributed by atoms with Gasteiger partial charge in [-0.2, -0.15) is 0 Å². The molecule has 1 fully saturated rings. The smallest absolute Gasteiger partial charge is 0.399 e. The highest BCUT2D eigenvalue weighted by molar-refractivity contribution is 6.62. The maximum Gasteiger partial charge on any atom is 0.494 e. The van der Waals surface area contributed by atoms with Crippen LogP contribution in [-0.2, 0) is 14.7 Å².